The Bertz CT molecular complexity index is 1230. The normalized spacial score (nSPS) is 16.3. The number of halogens is 1. The van der Waals surface area contributed by atoms with E-state index in [4.69, 9.17) is 21.1 Å². The second-order valence-electron chi connectivity index (χ2n) is 10.8. The number of carboxylic acids is 1. The SMILES string of the molecule is COC(c1cc(COc2ccc3c(c2)C(CC(=O)O)CCC3)ccc1-c1cccc(Cl)c1)C(C)(C)C. The third kappa shape index (κ3) is 6.11. The van der Waals surface area contributed by atoms with Crippen LogP contribution in [0.15, 0.2) is 60.7 Å². The van der Waals surface area contributed by atoms with Crippen molar-refractivity contribution in [3.05, 3.63) is 87.9 Å². The van der Waals surface area contributed by atoms with Gasteiger partial charge in [-0.1, -0.05) is 62.7 Å². The molecule has 0 spiro atoms. The second-order valence-corrected chi connectivity index (χ2v) is 11.2. The molecule has 2 atom stereocenters. The zero-order chi connectivity index (χ0) is 25.9. The minimum atomic E-state index is -0.752. The van der Waals surface area contributed by atoms with Gasteiger partial charge in [-0.05, 0) is 94.3 Å². The Kier molecular flexibility index (Phi) is 8.07. The summed E-state index contributed by atoms with van der Waals surface area (Å²) in [5, 5.41) is 10.0. The predicted octanol–water partition coefficient (Wildman–Crippen LogP) is 8.21. The van der Waals surface area contributed by atoms with E-state index in [1.54, 1.807) is 7.11 Å². The number of fused-ring (bicyclic) bond motifs is 1. The largest absolute Gasteiger partial charge is 0.489 e. The maximum Gasteiger partial charge on any atom is 0.303 e. The number of benzene rings is 3. The highest BCUT2D eigenvalue weighted by Gasteiger charge is 2.29. The van der Waals surface area contributed by atoms with E-state index in [1.165, 1.54) is 5.56 Å². The van der Waals surface area contributed by atoms with Crippen LogP contribution in [0.1, 0.15) is 74.3 Å². The van der Waals surface area contributed by atoms with Gasteiger partial charge in [0, 0.05) is 12.1 Å². The molecule has 0 heterocycles. The number of rotatable bonds is 8. The Hall–Kier alpha value is -2.82. The van der Waals surface area contributed by atoms with Gasteiger partial charge in [0.05, 0.1) is 12.5 Å². The lowest BCUT2D eigenvalue weighted by atomic mass is 9.81. The summed E-state index contributed by atoms with van der Waals surface area (Å²) in [6, 6.07) is 20.4. The number of aryl methyl sites for hydroxylation is 1. The van der Waals surface area contributed by atoms with Gasteiger partial charge in [-0.15, -0.1) is 0 Å². The molecular weight excluding hydrogens is 472 g/mol. The minimum Gasteiger partial charge on any atom is -0.489 e. The van der Waals surface area contributed by atoms with Crippen LogP contribution in [0.2, 0.25) is 5.02 Å². The number of ether oxygens (including phenoxy) is 2. The first-order chi connectivity index (χ1) is 17.2. The fourth-order valence-corrected chi connectivity index (χ4v) is 5.53. The van der Waals surface area contributed by atoms with Crippen LogP contribution in [0.5, 0.6) is 5.75 Å². The summed E-state index contributed by atoms with van der Waals surface area (Å²) >= 11 is 6.30. The molecule has 3 aromatic carbocycles. The number of aliphatic carboxylic acids is 1. The second kappa shape index (κ2) is 11.1. The lowest BCUT2D eigenvalue weighted by Gasteiger charge is -2.32. The van der Waals surface area contributed by atoms with Crippen molar-refractivity contribution >= 4 is 17.6 Å². The molecule has 0 radical (unpaired) electrons. The Morgan fingerprint density at radius 2 is 1.92 bits per heavy atom. The van der Waals surface area contributed by atoms with Gasteiger partial charge in [-0.2, -0.15) is 0 Å². The van der Waals surface area contributed by atoms with Crippen LogP contribution in [-0.2, 0) is 22.6 Å². The van der Waals surface area contributed by atoms with Crippen molar-refractivity contribution in [2.45, 2.75) is 65.1 Å². The van der Waals surface area contributed by atoms with Crippen molar-refractivity contribution < 1.29 is 19.4 Å². The molecular formula is C31H35ClO4. The molecule has 3 aromatic rings. The van der Waals surface area contributed by atoms with Gasteiger partial charge in [-0.25, -0.2) is 0 Å². The number of hydrogen-bond donors (Lipinski definition) is 1. The van der Waals surface area contributed by atoms with Gasteiger partial charge in [-0.3, -0.25) is 4.79 Å². The van der Waals surface area contributed by atoms with Crippen molar-refractivity contribution in [2.75, 3.05) is 7.11 Å². The van der Waals surface area contributed by atoms with Crippen LogP contribution in [0.4, 0.5) is 0 Å². The average molecular weight is 507 g/mol. The highest BCUT2D eigenvalue weighted by atomic mass is 35.5. The van der Waals surface area contributed by atoms with Crippen molar-refractivity contribution in [1.29, 1.82) is 0 Å². The Balaban J connectivity index is 1.62. The average Bonchev–Trinajstić information content (AvgIpc) is 2.82. The minimum absolute atomic E-state index is 0.0487. The van der Waals surface area contributed by atoms with E-state index in [1.807, 2.05) is 30.3 Å². The molecule has 5 heteroatoms. The lowest BCUT2D eigenvalue weighted by Crippen LogP contribution is -2.21. The number of hydrogen-bond acceptors (Lipinski definition) is 3. The molecule has 0 saturated carbocycles. The van der Waals surface area contributed by atoms with Gasteiger partial charge in [0.15, 0.2) is 0 Å². The molecule has 36 heavy (non-hydrogen) atoms. The highest BCUT2D eigenvalue weighted by Crippen LogP contribution is 2.41. The van der Waals surface area contributed by atoms with E-state index in [9.17, 15) is 9.90 Å². The fraction of sp³-hybridized carbons (Fsp3) is 0.387. The summed E-state index contributed by atoms with van der Waals surface area (Å²) in [4.78, 5) is 11.4. The smallest absolute Gasteiger partial charge is 0.303 e. The van der Waals surface area contributed by atoms with Crippen LogP contribution in [0.3, 0.4) is 0 Å². The van der Waals surface area contributed by atoms with E-state index < -0.39 is 5.97 Å². The third-order valence-electron chi connectivity index (χ3n) is 6.94. The summed E-state index contributed by atoms with van der Waals surface area (Å²) in [5.74, 6) is 0.0660. The Morgan fingerprint density at radius 1 is 1.11 bits per heavy atom. The predicted molar refractivity (Wildman–Crippen MR) is 145 cm³/mol. The molecule has 1 N–H and O–H groups in total. The molecule has 4 nitrogen and oxygen atoms in total. The summed E-state index contributed by atoms with van der Waals surface area (Å²) < 4.78 is 12.2. The van der Waals surface area contributed by atoms with Gasteiger partial charge < -0.3 is 14.6 Å². The fourth-order valence-electron chi connectivity index (χ4n) is 5.34. The van der Waals surface area contributed by atoms with Gasteiger partial charge in [0.1, 0.15) is 12.4 Å². The molecule has 2 unspecified atom stereocenters. The Morgan fingerprint density at radius 3 is 2.61 bits per heavy atom. The first kappa shape index (κ1) is 26.2. The van der Waals surface area contributed by atoms with E-state index in [-0.39, 0.29) is 23.9 Å². The first-order valence-electron chi connectivity index (χ1n) is 12.5. The van der Waals surface area contributed by atoms with E-state index in [0.29, 0.717) is 11.6 Å². The zero-order valence-corrected chi connectivity index (χ0v) is 22.3. The molecule has 0 aliphatic heterocycles. The zero-order valence-electron chi connectivity index (χ0n) is 21.5. The summed E-state index contributed by atoms with van der Waals surface area (Å²) in [6.07, 6.45) is 2.97. The topological polar surface area (TPSA) is 55.8 Å². The van der Waals surface area contributed by atoms with Crippen molar-refractivity contribution in [3.8, 4) is 16.9 Å². The van der Waals surface area contributed by atoms with Gasteiger partial charge in [0.2, 0.25) is 0 Å². The van der Waals surface area contributed by atoms with Crippen LogP contribution >= 0.6 is 11.6 Å². The van der Waals surface area contributed by atoms with Gasteiger partial charge >= 0.3 is 5.97 Å². The molecule has 190 valence electrons. The number of carboxylic acid groups (broad SMARTS) is 1. The summed E-state index contributed by atoms with van der Waals surface area (Å²) in [7, 11) is 1.75. The quantitative estimate of drug-likeness (QED) is 0.334. The molecule has 0 fully saturated rings. The van der Waals surface area contributed by atoms with Crippen molar-refractivity contribution in [3.63, 3.8) is 0 Å². The van der Waals surface area contributed by atoms with Crippen molar-refractivity contribution in [1.82, 2.24) is 0 Å². The standard InChI is InChI=1S/C31H35ClO4/c1-31(2,3)30(35-4)28-15-20(11-14-26(28)22-9-6-10-24(32)16-22)19-36-25-13-12-21-7-5-8-23(17-29(33)34)27(21)18-25/h6,9-16,18,23,30H,5,7-8,17,19H2,1-4H3,(H,33,34). The molecule has 0 bridgehead atoms. The molecule has 0 amide bonds. The van der Waals surface area contributed by atoms with Crippen LogP contribution < -0.4 is 4.74 Å². The van der Waals surface area contributed by atoms with Crippen LogP contribution in [0, 0.1) is 5.41 Å². The Labute approximate surface area is 219 Å². The number of methoxy groups -OCH3 is 1. The molecule has 4 rings (SSSR count). The monoisotopic (exact) mass is 506 g/mol. The first-order valence-corrected chi connectivity index (χ1v) is 12.9. The van der Waals surface area contributed by atoms with E-state index >= 15 is 0 Å². The van der Waals surface area contributed by atoms with E-state index in [2.05, 4.69) is 51.1 Å². The molecule has 1 aliphatic rings. The summed E-state index contributed by atoms with van der Waals surface area (Å²) in [5.41, 5.74) is 6.52. The molecule has 0 aromatic heterocycles. The maximum absolute atomic E-state index is 11.4. The lowest BCUT2D eigenvalue weighted by molar-refractivity contribution is -0.137. The number of carbonyl (C=O) groups is 1. The maximum atomic E-state index is 11.4. The van der Waals surface area contributed by atoms with E-state index in [0.717, 1.165) is 52.8 Å². The molecule has 0 saturated heterocycles. The summed E-state index contributed by atoms with van der Waals surface area (Å²) in [6.45, 7) is 6.93. The van der Waals surface area contributed by atoms with Gasteiger partial charge in [0.25, 0.3) is 0 Å². The molecule has 1 aliphatic carbocycles. The third-order valence-corrected chi connectivity index (χ3v) is 7.17. The van der Waals surface area contributed by atoms with Crippen LogP contribution in [-0.4, -0.2) is 18.2 Å². The highest BCUT2D eigenvalue weighted by molar-refractivity contribution is 6.30. The van der Waals surface area contributed by atoms with Crippen LogP contribution in [0.25, 0.3) is 11.1 Å². The van der Waals surface area contributed by atoms with Crippen molar-refractivity contribution in [2.24, 2.45) is 5.41 Å².